The summed E-state index contributed by atoms with van der Waals surface area (Å²) in [6, 6.07) is 5.55. The van der Waals surface area contributed by atoms with Crippen LogP contribution in [0.5, 0.6) is 0 Å². The Morgan fingerprint density at radius 1 is 1.11 bits per heavy atom. The predicted octanol–water partition coefficient (Wildman–Crippen LogP) is 4.23. The number of aromatic nitrogens is 2. The molecule has 1 aromatic heterocycles. The number of nitrogens with zero attached hydrogens (tertiary/aromatic N) is 4. The summed E-state index contributed by atoms with van der Waals surface area (Å²) in [5.41, 5.74) is -1.20. The molecule has 0 fully saturated rings. The van der Waals surface area contributed by atoms with Gasteiger partial charge in [-0.1, -0.05) is 12.1 Å². The van der Waals surface area contributed by atoms with Crippen molar-refractivity contribution in [1.82, 2.24) is 9.55 Å². The third-order valence-corrected chi connectivity index (χ3v) is 4.13. The summed E-state index contributed by atoms with van der Waals surface area (Å²) in [7, 11) is 0. The molecule has 2 aromatic carbocycles. The standard InChI is InChI=1S/C16H11F3N4O4/c1-9-12(22(24)25)6-13-14(15(9)23(26)27)20-8-21(13)7-10-2-4-11(5-3-10)16(17,18)19/h2-6,8H,7H2,1H3. The van der Waals surface area contributed by atoms with Crippen molar-refractivity contribution >= 4 is 22.4 Å². The SMILES string of the molecule is Cc1c([N+](=O)[O-])cc2c(ncn2Cc2ccc(C(F)(F)F)cc2)c1[N+](=O)[O-]. The van der Waals surface area contributed by atoms with E-state index in [1.165, 1.54) is 36.0 Å². The first-order valence-corrected chi connectivity index (χ1v) is 7.53. The summed E-state index contributed by atoms with van der Waals surface area (Å²) < 4.78 is 39.3. The summed E-state index contributed by atoms with van der Waals surface area (Å²) in [4.78, 5) is 25.1. The van der Waals surface area contributed by atoms with Gasteiger partial charge in [-0.05, 0) is 24.6 Å². The van der Waals surface area contributed by atoms with Crippen LogP contribution in [-0.2, 0) is 12.7 Å². The van der Waals surface area contributed by atoms with Crippen LogP contribution >= 0.6 is 0 Å². The first-order valence-electron chi connectivity index (χ1n) is 7.53. The van der Waals surface area contributed by atoms with Gasteiger partial charge in [-0.2, -0.15) is 13.2 Å². The maximum Gasteiger partial charge on any atom is 0.416 e. The van der Waals surface area contributed by atoms with E-state index in [2.05, 4.69) is 4.98 Å². The number of rotatable bonds is 4. The van der Waals surface area contributed by atoms with Crippen LogP contribution in [0.4, 0.5) is 24.5 Å². The molecular formula is C16H11F3N4O4. The second kappa shape index (κ2) is 6.34. The lowest BCUT2D eigenvalue weighted by molar-refractivity contribution is -0.394. The molecule has 0 radical (unpaired) electrons. The molecule has 0 aliphatic rings. The molecule has 140 valence electrons. The molecule has 0 bridgehead atoms. The van der Waals surface area contributed by atoms with Crippen LogP contribution in [0.25, 0.3) is 11.0 Å². The van der Waals surface area contributed by atoms with Crippen molar-refractivity contribution in [2.45, 2.75) is 19.6 Å². The molecule has 0 aliphatic carbocycles. The number of fused-ring (bicyclic) bond motifs is 1. The molecule has 0 N–H and O–H groups in total. The quantitative estimate of drug-likeness (QED) is 0.498. The van der Waals surface area contributed by atoms with Crippen LogP contribution < -0.4 is 0 Å². The van der Waals surface area contributed by atoms with Crippen molar-refractivity contribution in [2.75, 3.05) is 0 Å². The topological polar surface area (TPSA) is 104 Å². The maximum atomic E-state index is 12.6. The van der Waals surface area contributed by atoms with Crippen LogP contribution in [0.3, 0.4) is 0 Å². The highest BCUT2D eigenvalue weighted by atomic mass is 19.4. The molecule has 0 saturated heterocycles. The third-order valence-electron chi connectivity index (χ3n) is 4.13. The highest BCUT2D eigenvalue weighted by molar-refractivity contribution is 5.90. The van der Waals surface area contributed by atoms with Gasteiger partial charge in [0.1, 0.15) is 5.56 Å². The monoisotopic (exact) mass is 380 g/mol. The number of hydrogen-bond donors (Lipinski definition) is 0. The molecule has 3 rings (SSSR count). The van der Waals surface area contributed by atoms with Crippen LogP contribution in [0.1, 0.15) is 16.7 Å². The van der Waals surface area contributed by atoms with E-state index in [0.717, 1.165) is 12.1 Å². The lowest BCUT2D eigenvalue weighted by Gasteiger charge is -2.09. The van der Waals surface area contributed by atoms with E-state index in [9.17, 15) is 33.4 Å². The fraction of sp³-hybridized carbons (Fsp3) is 0.188. The minimum atomic E-state index is -4.46. The van der Waals surface area contributed by atoms with E-state index in [1.54, 1.807) is 0 Å². The minimum absolute atomic E-state index is 0.0185. The van der Waals surface area contributed by atoms with Crippen LogP contribution in [0, 0.1) is 27.2 Å². The Kier molecular flexibility index (Phi) is 4.30. The summed E-state index contributed by atoms with van der Waals surface area (Å²) in [5, 5.41) is 22.5. The van der Waals surface area contributed by atoms with Crippen molar-refractivity contribution in [3.05, 3.63) is 73.6 Å². The molecule has 0 spiro atoms. The molecule has 27 heavy (non-hydrogen) atoms. The Labute approximate surface area is 149 Å². The number of imidazole rings is 1. The number of benzene rings is 2. The second-order valence-corrected chi connectivity index (χ2v) is 5.82. The van der Waals surface area contributed by atoms with E-state index in [4.69, 9.17) is 0 Å². The first-order chi connectivity index (χ1) is 12.6. The van der Waals surface area contributed by atoms with E-state index < -0.39 is 33.0 Å². The Morgan fingerprint density at radius 2 is 1.74 bits per heavy atom. The Hall–Kier alpha value is -3.50. The van der Waals surface area contributed by atoms with E-state index in [0.29, 0.717) is 5.56 Å². The number of nitro benzene ring substituents is 2. The zero-order valence-corrected chi connectivity index (χ0v) is 13.7. The molecule has 11 heteroatoms. The zero-order chi connectivity index (χ0) is 19.9. The molecule has 0 unspecified atom stereocenters. The lowest BCUT2D eigenvalue weighted by Crippen LogP contribution is -2.05. The Morgan fingerprint density at radius 3 is 2.26 bits per heavy atom. The molecule has 8 nitrogen and oxygen atoms in total. The van der Waals surface area contributed by atoms with Crippen LogP contribution in [-0.4, -0.2) is 19.4 Å². The average molecular weight is 380 g/mol. The van der Waals surface area contributed by atoms with Gasteiger partial charge < -0.3 is 4.57 Å². The highest BCUT2D eigenvalue weighted by Gasteiger charge is 2.30. The van der Waals surface area contributed by atoms with Gasteiger partial charge in [0.05, 0.1) is 27.3 Å². The van der Waals surface area contributed by atoms with Crippen LogP contribution in [0.15, 0.2) is 36.7 Å². The van der Waals surface area contributed by atoms with Crippen LogP contribution in [0.2, 0.25) is 0 Å². The summed E-state index contributed by atoms with van der Waals surface area (Å²) in [5.74, 6) is 0. The van der Waals surface area contributed by atoms with Gasteiger partial charge in [0.15, 0.2) is 5.52 Å². The molecular weight excluding hydrogens is 369 g/mol. The van der Waals surface area contributed by atoms with Crippen molar-refractivity contribution in [3.8, 4) is 0 Å². The molecule has 0 aliphatic heterocycles. The van der Waals surface area contributed by atoms with Crippen molar-refractivity contribution in [2.24, 2.45) is 0 Å². The molecule has 1 heterocycles. The average Bonchev–Trinajstić information content (AvgIpc) is 2.95. The normalized spacial score (nSPS) is 11.7. The van der Waals surface area contributed by atoms with Gasteiger partial charge >= 0.3 is 11.9 Å². The van der Waals surface area contributed by atoms with Gasteiger partial charge in [0, 0.05) is 12.6 Å². The van der Waals surface area contributed by atoms with Crippen molar-refractivity contribution in [3.63, 3.8) is 0 Å². The van der Waals surface area contributed by atoms with Gasteiger partial charge in [0.25, 0.3) is 5.69 Å². The van der Waals surface area contributed by atoms with E-state index in [1.807, 2.05) is 0 Å². The van der Waals surface area contributed by atoms with E-state index in [-0.39, 0.29) is 23.1 Å². The van der Waals surface area contributed by atoms with Gasteiger partial charge in [0.2, 0.25) is 0 Å². The Balaban J connectivity index is 2.08. The summed E-state index contributed by atoms with van der Waals surface area (Å²) in [6.45, 7) is 1.32. The van der Waals surface area contributed by atoms with Crippen molar-refractivity contribution < 1.29 is 23.0 Å². The lowest BCUT2D eigenvalue weighted by atomic mass is 10.1. The zero-order valence-electron chi connectivity index (χ0n) is 13.7. The molecule has 3 aromatic rings. The number of alkyl halides is 3. The first kappa shape index (κ1) is 18.3. The van der Waals surface area contributed by atoms with Gasteiger partial charge in [-0.3, -0.25) is 20.2 Å². The van der Waals surface area contributed by atoms with Gasteiger partial charge in [-0.15, -0.1) is 0 Å². The highest BCUT2D eigenvalue weighted by Crippen LogP contribution is 2.35. The largest absolute Gasteiger partial charge is 0.416 e. The molecule has 0 saturated carbocycles. The third kappa shape index (κ3) is 3.30. The smallest absolute Gasteiger partial charge is 0.326 e. The predicted molar refractivity (Wildman–Crippen MR) is 88.3 cm³/mol. The molecule has 0 amide bonds. The van der Waals surface area contributed by atoms with E-state index >= 15 is 0 Å². The second-order valence-electron chi connectivity index (χ2n) is 5.82. The number of nitro groups is 2. The maximum absolute atomic E-state index is 12.6. The number of hydrogen-bond acceptors (Lipinski definition) is 5. The fourth-order valence-electron chi connectivity index (χ4n) is 2.80. The minimum Gasteiger partial charge on any atom is -0.326 e. The summed E-state index contributed by atoms with van der Waals surface area (Å²) in [6.07, 6.45) is -3.20. The molecule has 0 atom stereocenters. The fourth-order valence-corrected chi connectivity index (χ4v) is 2.80. The van der Waals surface area contributed by atoms with Gasteiger partial charge in [-0.25, -0.2) is 4.98 Å². The Bertz CT molecular complexity index is 1060. The van der Waals surface area contributed by atoms with Crippen molar-refractivity contribution in [1.29, 1.82) is 0 Å². The number of halogens is 3. The summed E-state index contributed by atoms with van der Waals surface area (Å²) >= 11 is 0.